The summed E-state index contributed by atoms with van der Waals surface area (Å²) >= 11 is 11.9. The number of carbonyl (C=O) groups excluding carboxylic acids is 1. The third-order valence-electron chi connectivity index (χ3n) is 3.08. The molecule has 5 nitrogen and oxygen atoms in total. The van der Waals surface area contributed by atoms with Crippen LogP contribution in [-0.2, 0) is 4.79 Å². The van der Waals surface area contributed by atoms with Crippen LogP contribution in [0.25, 0.3) is 0 Å². The van der Waals surface area contributed by atoms with Gasteiger partial charge in [-0.15, -0.1) is 0 Å². The number of anilines is 2. The van der Waals surface area contributed by atoms with Crippen molar-refractivity contribution in [2.24, 2.45) is 0 Å². The van der Waals surface area contributed by atoms with Gasteiger partial charge in [0, 0.05) is 11.8 Å². The lowest BCUT2D eigenvalue weighted by Crippen LogP contribution is -2.17. The average molecular weight is 380 g/mol. The number of hydrogen-bond donors (Lipinski definition) is 2. The van der Waals surface area contributed by atoms with E-state index in [1.807, 2.05) is 0 Å². The molecule has 1 amide bonds. The number of para-hydroxylation sites is 1. The molecule has 0 radical (unpaired) electrons. The number of nitrogens with zero attached hydrogens (tertiary/aromatic N) is 1. The molecule has 0 bridgehead atoms. The second-order valence-electron chi connectivity index (χ2n) is 4.71. The molecule has 0 spiro atoms. The van der Waals surface area contributed by atoms with E-state index in [0.717, 1.165) is 0 Å². The molecule has 0 saturated heterocycles. The molecule has 0 aliphatic carbocycles. The van der Waals surface area contributed by atoms with Crippen LogP contribution in [0.15, 0.2) is 54.0 Å². The minimum absolute atomic E-state index is 0.118. The van der Waals surface area contributed by atoms with Crippen LogP contribution in [-0.4, -0.2) is 13.0 Å². The molecular weight excluding hydrogens is 368 g/mol. The predicted molar refractivity (Wildman–Crippen MR) is 95.5 cm³/mol. The Morgan fingerprint density at radius 1 is 1.16 bits per heavy atom. The van der Waals surface area contributed by atoms with Gasteiger partial charge in [-0.05, 0) is 18.2 Å². The third kappa shape index (κ3) is 4.63. The van der Waals surface area contributed by atoms with Gasteiger partial charge in [-0.3, -0.25) is 4.79 Å². The van der Waals surface area contributed by atoms with Gasteiger partial charge in [0.2, 0.25) is 5.95 Å². The highest BCUT2D eigenvalue weighted by Crippen LogP contribution is 2.34. The maximum atomic E-state index is 14.2. The molecule has 0 aromatic heterocycles. The fraction of sp³-hybridized carbons (Fsp3) is 0.0588. The van der Waals surface area contributed by atoms with Crippen LogP contribution in [0.4, 0.5) is 15.8 Å². The van der Waals surface area contributed by atoms with Crippen LogP contribution in [0, 0.1) is 11.3 Å². The lowest BCUT2D eigenvalue weighted by molar-refractivity contribution is -0.112. The Kier molecular flexibility index (Phi) is 6.23. The molecule has 2 rings (SSSR count). The summed E-state index contributed by atoms with van der Waals surface area (Å²) in [5.74, 6) is -1.77. The second-order valence-corrected chi connectivity index (χ2v) is 5.53. The maximum Gasteiger partial charge on any atom is 0.271 e. The van der Waals surface area contributed by atoms with Gasteiger partial charge in [0.1, 0.15) is 11.8 Å². The van der Waals surface area contributed by atoms with E-state index in [2.05, 4.69) is 10.6 Å². The fourth-order valence-electron chi connectivity index (χ4n) is 1.88. The van der Waals surface area contributed by atoms with E-state index < -0.39 is 17.4 Å². The summed E-state index contributed by atoms with van der Waals surface area (Å²) in [6.07, 6.45) is 0. The van der Waals surface area contributed by atoms with Crippen LogP contribution in [0.5, 0.6) is 5.75 Å². The van der Waals surface area contributed by atoms with Crippen LogP contribution >= 0.6 is 23.2 Å². The zero-order valence-corrected chi connectivity index (χ0v) is 14.5. The summed E-state index contributed by atoms with van der Waals surface area (Å²) in [6, 6.07) is 12.6. The lowest BCUT2D eigenvalue weighted by Gasteiger charge is -2.11. The predicted octanol–water partition coefficient (Wildman–Crippen LogP) is 4.76. The minimum Gasteiger partial charge on any atom is -0.495 e. The fourth-order valence-corrected chi connectivity index (χ4v) is 2.38. The second kappa shape index (κ2) is 8.38. The molecule has 0 aliphatic heterocycles. The Hall–Kier alpha value is -2.75. The molecule has 2 aromatic rings. The molecule has 0 fully saturated rings. The Bertz CT molecular complexity index is 864. The number of nitriles is 1. The van der Waals surface area contributed by atoms with Gasteiger partial charge in [-0.1, -0.05) is 41.4 Å². The number of hydrogen-bond acceptors (Lipinski definition) is 4. The number of nitrogens with one attached hydrogen (secondary N) is 2. The highest BCUT2D eigenvalue weighted by molar-refractivity contribution is 6.37. The first-order valence-electron chi connectivity index (χ1n) is 6.92. The van der Waals surface area contributed by atoms with E-state index in [4.69, 9.17) is 33.2 Å². The standard InChI is InChI=1S/C17H12Cl2FN3O2/c1-25-15-8-14(12(18)7-13(15)19)23-17(24)11(9-21)16(20)22-10-5-3-2-4-6-10/h2-8,22H,1H3,(H,23,24). The van der Waals surface area contributed by atoms with Crippen molar-refractivity contribution in [2.45, 2.75) is 0 Å². The molecular formula is C17H12Cl2FN3O2. The Labute approximate surface area is 153 Å². The number of benzene rings is 2. The number of methoxy groups -OCH3 is 1. The molecule has 0 aliphatic rings. The van der Waals surface area contributed by atoms with E-state index in [1.165, 1.54) is 25.3 Å². The summed E-state index contributed by atoms with van der Waals surface area (Å²) in [6.45, 7) is 0. The van der Waals surface area contributed by atoms with Gasteiger partial charge < -0.3 is 15.4 Å². The Balaban J connectivity index is 2.26. The highest BCUT2D eigenvalue weighted by Gasteiger charge is 2.18. The smallest absolute Gasteiger partial charge is 0.271 e. The molecule has 0 saturated carbocycles. The molecule has 0 atom stereocenters. The number of carbonyl (C=O) groups is 1. The molecule has 128 valence electrons. The zero-order valence-electron chi connectivity index (χ0n) is 12.9. The van der Waals surface area contributed by atoms with Gasteiger partial charge in [-0.2, -0.15) is 9.65 Å². The van der Waals surface area contributed by atoms with Crippen molar-refractivity contribution in [3.05, 3.63) is 64.0 Å². The molecule has 25 heavy (non-hydrogen) atoms. The van der Waals surface area contributed by atoms with E-state index in [9.17, 15) is 9.18 Å². The molecule has 2 aromatic carbocycles. The van der Waals surface area contributed by atoms with E-state index in [0.29, 0.717) is 5.69 Å². The van der Waals surface area contributed by atoms with E-state index in [1.54, 1.807) is 30.3 Å². The summed E-state index contributed by atoms with van der Waals surface area (Å²) in [5, 5.41) is 14.2. The van der Waals surface area contributed by atoms with Crippen molar-refractivity contribution in [1.82, 2.24) is 0 Å². The van der Waals surface area contributed by atoms with Gasteiger partial charge in [0.15, 0.2) is 5.57 Å². The largest absolute Gasteiger partial charge is 0.495 e. The van der Waals surface area contributed by atoms with Gasteiger partial charge in [0.05, 0.1) is 22.8 Å². The van der Waals surface area contributed by atoms with Crippen molar-refractivity contribution in [2.75, 3.05) is 17.7 Å². The topological polar surface area (TPSA) is 74.1 Å². The van der Waals surface area contributed by atoms with Crippen molar-refractivity contribution in [1.29, 1.82) is 5.26 Å². The molecule has 0 heterocycles. The van der Waals surface area contributed by atoms with Crippen molar-refractivity contribution in [3.8, 4) is 11.8 Å². The summed E-state index contributed by atoms with van der Waals surface area (Å²) in [5.41, 5.74) is -0.200. The van der Waals surface area contributed by atoms with Crippen LogP contribution < -0.4 is 15.4 Å². The number of amides is 1. The third-order valence-corrected chi connectivity index (χ3v) is 3.68. The minimum atomic E-state index is -1.08. The number of rotatable bonds is 5. The SMILES string of the molecule is COc1cc(NC(=O)C(C#N)=C(F)Nc2ccccc2)c(Cl)cc1Cl. The van der Waals surface area contributed by atoms with Crippen molar-refractivity contribution in [3.63, 3.8) is 0 Å². The Morgan fingerprint density at radius 2 is 1.84 bits per heavy atom. The lowest BCUT2D eigenvalue weighted by atomic mass is 10.2. The van der Waals surface area contributed by atoms with Crippen LogP contribution in [0.3, 0.4) is 0 Å². The van der Waals surface area contributed by atoms with Gasteiger partial charge in [0.25, 0.3) is 5.91 Å². The first-order valence-corrected chi connectivity index (χ1v) is 7.68. The van der Waals surface area contributed by atoms with Gasteiger partial charge in [-0.25, -0.2) is 0 Å². The van der Waals surface area contributed by atoms with Crippen LogP contribution in [0.2, 0.25) is 10.0 Å². The molecule has 2 N–H and O–H groups in total. The number of halogens is 3. The average Bonchev–Trinajstić information content (AvgIpc) is 2.58. The van der Waals surface area contributed by atoms with E-state index in [-0.39, 0.29) is 21.5 Å². The molecule has 0 unspecified atom stereocenters. The highest BCUT2D eigenvalue weighted by atomic mass is 35.5. The van der Waals surface area contributed by atoms with Gasteiger partial charge >= 0.3 is 0 Å². The van der Waals surface area contributed by atoms with Crippen LogP contribution in [0.1, 0.15) is 0 Å². The first-order chi connectivity index (χ1) is 12.0. The first kappa shape index (κ1) is 18.6. The maximum absolute atomic E-state index is 14.2. The zero-order chi connectivity index (χ0) is 18.4. The quantitative estimate of drug-likeness (QED) is 0.446. The number of ether oxygens (including phenoxy) is 1. The summed E-state index contributed by atoms with van der Waals surface area (Å²) in [7, 11) is 1.39. The summed E-state index contributed by atoms with van der Waals surface area (Å²) < 4.78 is 19.3. The van der Waals surface area contributed by atoms with E-state index >= 15 is 0 Å². The summed E-state index contributed by atoms with van der Waals surface area (Å²) in [4.78, 5) is 12.2. The van der Waals surface area contributed by atoms with Crippen molar-refractivity contribution >= 4 is 40.5 Å². The monoisotopic (exact) mass is 379 g/mol. The Morgan fingerprint density at radius 3 is 2.44 bits per heavy atom. The molecule has 8 heteroatoms. The van der Waals surface area contributed by atoms with Crippen molar-refractivity contribution < 1.29 is 13.9 Å². The normalized spacial score (nSPS) is 11.2.